The molecule has 0 radical (unpaired) electrons. The number of benzene rings is 2. The number of carboxylic acid groups (broad SMARTS) is 1. The van der Waals surface area contributed by atoms with Crippen molar-refractivity contribution in [1.29, 1.82) is 0 Å². The molecule has 0 saturated heterocycles. The molecule has 0 spiro atoms. The maximum atomic E-state index is 12.6. The van der Waals surface area contributed by atoms with Crippen LogP contribution in [0.15, 0.2) is 48.5 Å². The van der Waals surface area contributed by atoms with Crippen molar-refractivity contribution >= 4 is 18.0 Å². The average molecular weight is 479 g/mol. The average Bonchev–Trinajstić information content (AvgIpc) is 3.61. The number of amides is 2. The van der Waals surface area contributed by atoms with Gasteiger partial charge in [0.05, 0.1) is 0 Å². The van der Waals surface area contributed by atoms with Crippen molar-refractivity contribution in [3.63, 3.8) is 0 Å². The number of carbonyl (C=O) groups is 3. The third kappa shape index (κ3) is 6.21. The highest BCUT2D eigenvalue weighted by molar-refractivity contribution is 5.84. The van der Waals surface area contributed by atoms with Crippen molar-refractivity contribution in [2.24, 2.45) is 17.8 Å². The minimum absolute atomic E-state index is 0.0132. The zero-order valence-corrected chi connectivity index (χ0v) is 20.3. The van der Waals surface area contributed by atoms with E-state index in [4.69, 9.17) is 4.74 Å². The number of rotatable bonds is 11. The molecule has 0 heterocycles. The summed E-state index contributed by atoms with van der Waals surface area (Å²) in [5.41, 5.74) is 4.65. The first kappa shape index (κ1) is 24.8. The molecule has 1 fully saturated rings. The highest BCUT2D eigenvalue weighted by Crippen LogP contribution is 2.44. The second kappa shape index (κ2) is 10.9. The Morgan fingerprint density at radius 1 is 1.00 bits per heavy atom. The van der Waals surface area contributed by atoms with Crippen LogP contribution in [0.25, 0.3) is 11.1 Å². The number of alkyl carbamates (subject to hydrolysis) is 1. The Balaban J connectivity index is 1.30. The maximum Gasteiger partial charge on any atom is 0.407 e. The molecule has 2 aromatic carbocycles. The summed E-state index contributed by atoms with van der Waals surface area (Å²) in [5.74, 6) is -1.04. The Morgan fingerprint density at radius 3 is 2.14 bits per heavy atom. The van der Waals surface area contributed by atoms with Gasteiger partial charge < -0.3 is 20.5 Å². The van der Waals surface area contributed by atoms with Crippen molar-refractivity contribution in [3.05, 3.63) is 59.7 Å². The van der Waals surface area contributed by atoms with Gasteiger partial charge in [0, 0.05) is 18.9 Å². The number of carbonyl (C=O) groups excluding carboxylic acids is 2. The standard InChI is InChI=1S/C28H34N2O5/c1-17(2)13-18(14-25(31)30-26(27(32)33)19-11-12-19)15-29-28(34)35-16-24-22-9-5-3-7-20(22)21-8-4-6-10-23(21)24/h3-10,17-19,24,26H,11-16H2,1-2H3,(H,29,34)(H,30,31)(H,32,33)/t18-,26?/m0/s1. The third-order valence-corrected chi connectivity index (χ3v) is 6.83. The van der Waals surface area contributed by atoms with Crippen molar-refractivity contribution in [2.45, 2.75) is 51.5 Å². The van der Waals surface area contributed by atoms with E-state index in [9.17, 15) is 19.5 Å². The largest absolute Gasteiger partial charge is 0.480 e. The summed E-state index contributed by atoms with van der Waals surface area (Å²) in [6, 6.07) is 15.5. The molecule has 186 valence electrons. The van der Waals surface area contributed by atoms with Crippen LogP contribution in [-0.4, -0.2) is 42.3 Å². The first-order chi connectivity index (χ1) is 16.8. The first-order valence-electron chi connectivity index (χ1n) is 12.4. The van der Waals surface area contributed by atoms with Crippen LogP contribution in [0.2, 0.25) is 0 Å². The molecule has 0 aromatic heterocycles. The zero-order valence-electron chi connectivity index (χ0n) is 20.3. The van der Waals surface area contributed by atoms with Crippen molar-refractivity contribution in [1.82, 2.24) is 10.6 Å². The van der Waals surface area contributed by atoms with Gasteiger partial charge >= 0.3 is 12.1 Å². The molecule has 7 heteroatoms. The van der Waals surface area contributed by atoms with Crippen molar-refractivity contribution < 1.29 is 24.2 Å². The normalized spacial score (nSPS) is 16.2. The van der Waals surface area contributed by atoms with E-state index in [0.29, 0.717) is 12.5 Å². The van der Waals surface area contributed by atoms with E-state index < -0.39 is 18.1 Å². The van der Waals surface area contributed by atoms with Gasteiger partial charge in [0.2, 0.25) is 5.91 Å². The Labute approximate surface area is 206 Å². The number of nitrogens with one attached hydrogen (secondary N) is 2. The molecule has 2 atom stereocenters. The number of hydrogen-bond donors (Lipinski definition) is 3. The molecule has 35 heavy (non-hydrogen) atoms. The number of ether oxygens (including phenoxy) is 1. The van der Waals surface area contributed by atoms with Crippen LogP contribution < -0.4 is 10.6 Å². The molecule has 2 aliphatic rings. The number of carboxylic acids is 1. The topological polar surface area (TPSA) is 105 Å². The monoisotopic (exact) mass is 478 g/mol. The second-order valence-corrected chi connectivity index (χ2v) is 10.1. The summed E-state index contributed by atoms with van der Waals surface area (Å²) in [7, 11) is 0. The Bertz CT molecular complexity index is 1030. The lowest BCUT2D eigenvalue weighted by molar-refractivity contribution is -0.142. The fourth-order valence-electron chi connectivity index (χ4n) is 5.09. The molecule has 0 aliphatic heterocycles. The predicted octanol–water partition coefficient (Wildman–Crippen LogP) is 4.56. The van der Waals surface area contributed by atoms with Gasteiger partial charge in [0.1, 0.15) is 12.6 Å². The molecule has 3 N–H and O–H groups in total. The molecule has 2 amide bonds. The van der Waals surface area contributed by atoms with Crippen molar-refractivity contribution in [3.8, 4) is 11.1 Å². The van der Waals surface area contributed by atoms with Gasteiger partial charge in [-0.1, -0.05) is 62.4 Å². The fraction of sp³-hybridized carbons (Fsp3) is 0.464. The fourth-order valence-corrected chi connectivity index (χ4v) is 5.09. The predicted molar refractivity (Wildman–Crippen MR) is 133 cm³/mol. The summed E-state index contributed by atoms with van der Waals surface area (Å²) >= 11 is 0. The van der Waals surface area contributed by atoms with Gasteiger partial charge in [0.25, 0.3) is 0 Å². The number of aliphatic carboxylic acids is 1. The minimum atomic E-state index is -0.988. The summed E-state index contributed by atoms with van der Waals surface area (Å²) < 4.78 is 5.61. The van der Waals surface area contributed by atoms with Crippen LogP contribution in [0, 0.1) is 17.8 Å². The van der Waals surface area contributed by atoms with E-state index in [1.807, 2.05) is 24.3 Å². The van der Waals surface area contributed by atoms with Crippen LogP contribution in [0.1, 0.15) is 56.6 Å². The molecule has 2 aromatic rings. The van der Waals surface area contributed by atoms with E-state index in [1.54, 1.807) is 0 Å². The summed E-state index contributed by atoms with van der Waals surface area (Å²) in [6.07, 6.45) is 2.05. The van der Waals surface area contributed by atoms with E-state index in [1.165, 1.54) is 11.1 Å². The lowest BCUT2D eigenvalue weighted by atomic mass is 9.93. The van der Waals surface area contributed by atoms with Gasteiger partial charge in [0.15, 0.2) is 0 Å². The smallest absolute Gasteiger partial charge is 0.407 e. The van der Waals surface area contributed by atoms with Gasteiger partial charge in [-0.2, -0.15) is 0 Å². The summed E-state index contributed by atoms with van der Waals surface area (Å²) in [6.45, 7) is 4.64. The van der Waals surface area contributed by atoms with Crippen LogP contribution in [-0.2, 0) is 14.3 Å². The Hall–Kier alpha value is -3.35. The van der Waals surface area contributed by atoms with Gasteiger partial charge in [-0.25, -0.2) is 9.59 Å². The second-order valence-electron chi connectivity index (χ2n) is 10.1. The van der Waals surface area contributed by atoms with E-state index in [2.05, 4.69) is 48.7 Å². The lowest BCUT2D eigenvalue weighted by Crippen LogP contribution is -2.43. The molecular formula is C28H34N2O5. The SMILES string of the molecule is CC(C)C[C@H](CNC(=O)OCC1c2ccccc2-c2ccccc21)CC(=O)NC(C(=O)O)C1CC1. The Kier molecular flexibility index (Phi) is 7.73. The maximum absolute atomic E-state index is 12.6. The molecule has 7 nitrogen and oxygen atoms in total. The highest BCUT2D eigenvalue weighted by atomic mass is 16.5. The van der Waals surface area contributed by atoms with Crippen LogP contribution in [0.5, 0.6) is 0 Å². The van der Waals surface area contributed by atoms with E-state index in [0.717, 1.165) is 30.4 Å². The van der Waals surface area contributed by atoms with Gasteiger partial charge in [-0.15, -0.1) is 0 Å². The van der Waals surface area contributed by atoms with Gasteiger partial charge in [-0.05, 0) is 59.3 Å². The first-order valence-corrected chi connectivity index (χ1v) is 12.4. The Morgan fingerprint density at radius 2 is 1.60 bits per heavy atom. The molecule has 2 aliphatic carbocycles. The minimum Gasteiger partial charge on any atom is -0.480 e. The zero-order chi connectivity index (χ0) is 24.9. The summed E-state index contributed by atoms with van der Waals surface area (Å²) in [4.78, 5) is 36.5. The van der Waals surface area contributed by atoms with E-state index >= 15 is 0 Å². The van der Waals surface area contributed by atoms with Crippen molar-refractivity contribution in [2.75, 3.05) is 13.2 Å². The molecule has 1 unspecified atom stereocenters. The summed E-state index contributed by atoms with van der Waals surface area (Å²) in [5, 5.41) is 14.9. The molecule has 4 rings (SSSR count). The molecule has 0 bridgehead atoms. The number of fused-ring (bicyclic) bond motifs is 3. The lowest BCUT2D eigenvalue weighted by Gasteiger charge is -2.21. The highest BCUT2D eigenvalue weighted by Gasteiger charge is 2.37. The van der Waals surface area contributed by atoms with Gasteiger partial charge in [-0.3, -0.25) is 4.79 Å². The third-order valence-electron chi connectivity index (χ3n) is 6.83. The molecule has 1 saturated carbocycles. The number of hydrogen-bond acceptors (Lipinski definition) is 4. The van der Waals surface area contributed by atoms with E-state index in [-0.39, 0.29) is 36.7 Å². The quantitative estimate of drug-likeness (QED) is 0.439. The van der Waals surface area contributed by atoms with Crippen LogP contribution >= 0.6 is 0 Å². The van der Waals surface area contributed by atoms with Crippen LogP contribution in [0.4, 0.5) is 4.79 Å². The van der Waals surface area contributed by atoms with Crippen LogP contribution in [0.3, 0.4) is 0 Å². The molecular weight excluding hydrogens is 444 g/mol.